The molecule has 1 atom stereocenters. The van der Waals surface area contributed by atoms with Crippen LogP contribution in [0.4, 0.5) is 0 Å². The van der Waals surface area contributed by atoms with Crippen LogP contribution in [0.25, 0.3) is 0 Å². The number of thioether (sulfide) groups is 1. The SMILES string of the molecule is O=C1c2c(O)c(=O)ccn2N2CN1C1(/C=C/COc3cccc4c3[C@H]2c2ccccc2SC4)CCC1. The van der Waals surface area contributed by atoms with Crippen molar-refractivity contribution in [3.63, 3.8) is 0 Å². The first-order valence-electron chi connectivity index (χ1n) is 12.2. The summed E-state index contributed by atoms with van der Waals surface area (Å²) in [5.41, 5.74) is 2.30. The smallest absolute Gasteiger partial charge is 0.278 e. The van der Waals surface area contributed by atoms with E-state index in [1.165, 1.54) is 6.07 Å². The Labute approximate surface area is 212 Å². The average Bonchev–Trinajstić information content (AvgIpc) is 3.04. The number of hydrogen-bond acceptors (Lipinski definition) is 6. The molecule has 7 nitrogen and oxygen atoms in total. The number of pyridine rings is 1. The maximum Gasteiger partial charge on any atom is 0.278 e. The molecular formula is C28H25N3O4S. The van der Waals surface area contributed by atoms with E-state index in [0.717, 1.165) is 52.4 Å². The van der Waals surface area contributed by atoms with Gasteiger partial charge in [-0.3, -0.25) is 19.3 Å². The van der Waals surface area contributed by atoms with Crippen molar-refractivity contribution in [3.05, 3.63) is 99.5 Å². The van der Waals surface area contributed by atoms with E-state index < -0.39 is 16.7 Å². The highest BCUT2D eigenvalue weighted by atomic mass is 32.2. The van der Waals surface area contributed by atoms with E-state index in [2.05, 4.69) is 29.3 Å². The van der Waals surface area contributed by atoms with Gasteiger partial charge in [-0.15, -0.1) is 11.8 Å². The normalized spacial score (nSPS) is 22.2. The lowest BCUT2D eigenvalue weighted by atomic mass is 9.74. The molecule has 7 rings (SSSR count). The molecule has 1 fully saturated rings. The van der Waals surface area contributed by atoms with Gasteiger partial charge in [-0.25, -0.2) is 0 Å². The van der Waals surface area contributed by atoms with E-state index in [4.69, 9.17) is 4.74 Å². The zero-order chi connectivity index (χ0) is 24.4. The highest BCUT2D eigenvalue weighted by molar-refractivity contribution is 7.98. The van der Waals surface area contributed by atoms with Crippen LogP contribution in [-0.4, -0.2) is 39.4 Å². The van der Waals surface area contributed by atoms with E-state index in [1.54, 1.807) is 22.6 Å². The summed E-state index contributed by atoms with van der Waals surface area (Å²) in [5, 5.41) is 13.0. The monoisotopic (exact) mass is 499 g/mol. The van der Waals surface area contributed by atoms with Crippen molar-refractivity contribution in [2.45, 2.75) is 41.5 Å². The Bertz CT molecular complexity index is 1490. The number of nitrogens with zero attached hydrogens (tertiary/aromatic N) is 3. The summed E-state index contributed by atoms with van der Waals surface area (Å²) in [6, 6.07) is 15.5. The second-order valence-corrected chi connectivity index (χ2v) is 10.8. The van der Waals surface area contributed by atoms with E-state index in [0.29, 0.717) is 13.3 Å². The largest absolute Gasteiger partial charge is 0.502 e. The minimum atomic E-state index is -0.555. The summed E-state index contributed by atoms with van der Waals surface area (Å²) in [6.07, 6.45) is 8.36. The van der Waals surface area contributed by atoms with Gasteiger partial charge in [0, 0.05) is 28.5 Å². The molecule has 1 aliphatic carbocycles. The van der Waals surface area contributed by atoms with Crippen LogP contribution in [0.5, 0.6) is 11.5 Å². The van der Waals surface area contributed by atoms with Gasteiger partial charge >= 0.3 is 0 Å². The number of aromatic hydroxyl groups is 1. The number of hydrogen-bond donors (Lipinski definition) is 1. The van der Waals surface area contributed by atoms with Crippen molar-refractivity contribution < 1.29 is 14.6 Å². The van der Waals surface area contributed by atoms with Crippen molar-refractivity contribution in [2.75, 3.05) is 18.3 Å². The third kappa shape index (κ3) is 3.00. The standard InChI is InChI=1S/C28H25N3O4S/c32-20-10-14-30-25(26(20)33)27(34)29-17-31(30)24-19-7-1-2-9-22(19)36-16-18-6-3-8-21(23(18)24)35-15-5-13-28(29)11-4-12-28/h1-3,5-10,13-14,24,33H,4,11-12,15-17H2/b13-5+/t24-/m1/s1. The predicted octanol–water partition coefficient (Wildman–Crippen LogP) is 4.17. The minimum Gasteiger partial charge on any atom is -0.502 e. The van der Waals surface area contributed by atoms with Gasteiger partial charge in [0.1, 0.15) is 25.1 Å². The number of carbonyl (C=O) groups excluding carboxylic acids is 1. The molecule has 182 valence electrons. The highest BCUT2D eigenvalue weighted by Crippen LogP contribution is 2.48. The van der Waals surface area contributed by atoms with Gasteiger partial charge in [-0.1, -0.05) is 36.4 Å². The van der Waals surface area contributed by atoms with Gasteiger partial charge in [0.05, 0.1) is 5.54 Å². The second-order valence-electron chi connectivity index (χ2n) is 9.76. The Morgan fingerprint density at radius 2 is 1.92 bits per heavy atom. The second kappa shape index (κ2) is 7.93. The molecule has 36 heavy (non-hydrogen) atoms. The van der Waals surface area contributed by atoms with Gasteiger partial charge in [0.15, 0.2) is 11.4 Å². The number of benzene rings is 2. The fraction of sp³-hybridized carbons (Fsp3) is 0.286. The Morgan fingerprint density at radius 3 is 2.75 bits per heavy atom. The van der Waals surface area contributed by atoms with E-state index in [9.17, 15) is 14.7 Å². The van der Waals surface area contributed by atoms with Gasteiger partial charge in [-0.05, 0) is 48.6 Å². The Morgan fingerprint density at radius 1 is 1.06 bits per heavy atom. The van der Waals surface area contributed by atoms with Crippen LogP contribution in [0.2, 0.25) is 0 Å². The summed E-state index contributed by atoms with van der Waals surface area (Å²) in [7, 11) is 0. The summed E-state index contributed by atoms with van der Waals surface area (Å²) >= 11 is 1.78. The van der Waals surface area contributed by atoms with Crippen LogP contribution < -0.4 is 15.2 Å². The molecule has 0 saturated heterocycles. The van der Waals surface area contributed by atoms with Crippen molar-refractivity contribution in [1.29, 1.82) is 0 Å². The third-order valence-electron chi connectivity index (χ3n) is 7.91. The first-order chi connectivity index (χ1) is 17.6. The van der Waals surface area contributed by atoms with E-state index >= 15 is 0 Å². The lowest BCUT2D eigenvalue weighted by Crippen LogP contribution is -2.64. The van der Waals surface area contributed by atoms with Gasteiger partial charge in [0.2, 0.25) is 5.43 Å². The van der Waals surface area contributed by atoms with Crippen LogP contribution in [0.15, 0.2) is 76.6 Å². The van der Waals surface area contributed by atoms with Crippen LogP contribution in [0, 0.1) is 0 Å². The molecule has 4 heterocycles. The molecule has 0 radical (unpaired) electrons. The van der Waals surface area contributed by atoms with Crippen LogP contribution >= 0.6 is 11.8 Å². The molecule has 3 aromatic rings. The van der Waals surface area contributed by atoms with Gasteiger partial charge in [0.25, 0.3) is 5.91 Å². The zero-order valence-corrected chi connectivity index (χ0v) is 20.4. The fourth-order valence-electron chi connectivity index (χ4n) is 5.97. The quantitative estimate of drug-likeness (QED) is 0.468. The molecule has 0 unspecified atom stereocenters. The minimum absolute atomic E-state index is 0.0157. The molecular weight excluding hydrogens is 474 g/mol. The van der Waals surface area contributed by atoms with Gasteiger partial charge < -0.3 is 14.7 Å². The van der Waals surface area contributed by atoms with Crippen molar-refractivity contribution in [3.8, 4) is 11.5 Å². The summed E-state index contributed by atoms with van der Waals surface area (Å²) in [6.45, 7) is 0.716. The van der Waals surface area contributed by atoms with E-state index in [-0.39, 0.29) is 17.6 Å². The lowest BCUT2D eigenvalue weighted by molar-refractivity contribution is 0.0255. The molecule has 1 N–H and O–H groups in total. The Kier molecular flexibility index (Phi) is 4.76. The molecule has 2 bridgehead atoms. The Hall–Kier alpha value is -3.65. The van der Waals surface area contributed by atoms with Crippen molar-refractivity contribution in [1.82, 2.24) is 9.58 Å². The number of fused-ring (bicyclic) bond motifs is 8. The topological polar surface area (TPSA) is 75.0 Å². The lowest BCUT2D eigenvalue weighted by Gasteiger charge is -2.54. The molecule has 2 aromatic carbocycles. The summed E-state index contributed by atoms with van der Waals surface area (Å²) in [4.78, 5) is 29.4. The molecule has 1 saturated carbocycles. The van der Waals surface area contributed by atoms with Crippen molar-refractivity contribution in [2.24, 2.45) is 0 Å². The zero-order valence-electron chi connectivity index (χ0n) is 19.6. The molecule has 1 spiro atoms. The van der Waals surface area contributed by atoms with Crippen molar-refractivity contribution >= 4 is 17.7 Å². The van der Waals surface area contributed by atoms with Crippen LogP contribution in [-0.2, 0) is 5.75 Å². The summed E-state index contributed by atoms with van der Waals surface area (Å²) < 4.78 is 8.05. The number of rotatable bonds is 0. The molecule has 1 aromatic heterocycles. The number of aromatic nitrogens is 1. The number of carbonyl (C=O) groups is 1. The molecule has 3 aliphatic heterocycles. The fourth-order valence-corrected chi connectivity index (χ4v) is 7.05. The van der Waals surface area contributed by atoms with Crippen LogP contribution in [0.3, 0.4) is 0 Å². The van der Waals surface area contributed by atoms with E-state index in [1.807, 2.05) is 35.2 Å². The molecule has 8 heteroatoms. The number of amides is 1. The average molecular weight is 500 g/mol. The maximum absolute atomic E-state index is 13.9. The first-order valence-corrected chi connectivity index (χ1v) is 13.2. The Balaban J connectivity index is 1.56. The predicted molar refractivity (Wildman–Crippen MR) is 137 cm³/mol. The molecule has 1 amide bonds. The summed E-state index contributed by atoms with van der Waals surface area (Å²) in [5.74, 6) is 0.764. The molecule has 4 aliphatic rings. The van der Waals surface area contributed by atoms with Gasteiger partial charge in [-0.2, -0.15) is 0 Å². The number of ether oxygens (including phenoxy) is 1. The van der Waals surface area contributed by atoms with Crippen LogP contribution in [0.1, 0.15) is 52.5 Å². The maximum atomic E-state index is 13.9. The first kappa shape index (κ1) is 21.6. The third-order valence-corrected chi connectivity index (χ3v) is 9.05. The highest BCUT2D eigenvalue weighted by Gasteiger charge is 2.49.